The van der Waals surface area contributed by atoms with Gasteiger partial charge in [0.2, 0.25) is 0 Å². The van der Waals surface area contributed by atoms with Crippen LogP contribution < -0.4 is 0 Å². The quantitative estimate of drug-likeness (QED) is 0.876. The first-order valence-electron chi connectivity index (χ1n) is 6.89. The molecule has 1 atom stereocenters. The Kier molecular flexibility index (Phi) is 5.21. The first kappa shape index (κ1) is 14.8. The van der Waals surface area contributed by atoms with E-state index in [-0.39, 0.29) is 6.61 Å². The van der Waals surface area contributed by atoms with Crippen LogP contribution in [-0.4, -0.2) is 63.3 Å². The van der Waals surface area contributed by atoms with Gasteiger partial charge in [-0.1, -0.05) is 18.5 Å². The van der Waals surface area contributed by atoms with Gasteiger partial charge in [0, 0.05) is 39.3 Å². The maximum atomic E-state index is 9.34. The van der Waals surface area contributed by atoms with Gasteiger partial charge in [-0.2, -0.15) is 0 Å². The lowest BCUT2D eigenvalue weighted by atomic mass is 10.1. The standard InChI is InChI=1S/C13H23ClN4O/c1-3-11(10-19)18-6-4-17(5-7-18)9-13-15-8-12(14)16(13)2/h8,11,19H,3-7,9-10H2,1-2H3. The number of aliphatic hydroxyl groups is 1. The first-order chi connectivity index (χ1) is 9.15. The number of aromatic nitrogens is 2. The van der Waals surface area contributed by atoms with E-state index < -0.39 is 0 Å². The number of nitrogens with zero attached hydrogens (tertiary/aromatic N) is 4. The second-order valence-electron chi connectivity index (χ2n) is 5.11. The summed E-state index contributed by atoms with van der Waals surface area (Å²) in [5, 5.41) is 10.0. The van der Waals surface area contributed by atoms with Gasteiger partial charge in [0.05, 0.1) is 19.3 Å². The average molecular weight is 287 g/mol. The number of hydrogen-bond donors (Lipinski definition) is 1. The summed E-state index contributed by atoms with van der Waals surface area (Å²) in [4.78, 5) is 9.10. The van der Waals surface area contributed by atoms with Gasteiger partial charge in [-0.25, -0.2) is 4.98 Å². The first-order valence-corrected chi connectivity index (χ1v) is 7.26. The molecule has 1 aromatic rings. The van der Waals surface area contributed by atoms with E-state index in [0.29, 0.717) is 11.2 Å². The Hall–Kier alpha value is -0.620. The number of imidazole rings is 1. The minimum absolute atomic E-state index is 0.255. The number of rotatable bonds is 5. The van der Waals surface area contributed by atoms with Crippen molar-refractivity contribution in [2.24, 2.45) is 7.05 Å². The third kappa shape index (κ3) is 3.48. The summed E-state index contributed by atoms with van der Waals surface area (Å²) in [5.41, 5.74) is 0. The summed E-state index contributed by atoms with van der Waals surface area (Å²) in [6, 6.07) is 0.310. The molecular weight excluding hydrogens is 264 g/mol. The molecule has 1 aromatic heterocycles. The van der Waals surface area contributed by atoms with Gasteiger partial charge >= 0.3 is 0 Å². The molecule has 0 amide bonds. The molecule has 1 unspecified atom stereocenters. The summed E-state index contributed by atoms with van der Waals surface area (Å²) in [6.45, 7) is 7.28. The van der Waals surface area contributed by atoms with Crippen LogP contribution in [0, 0.1) is 0 Å². The molecular formula is C13H23ClN4O. The summed E-state index contributed by atoms with van der Waals surface area (Å²) in [6.07, 6.45) is 2.71. The van der Waals surface area contributed by atoms with E-state index in [9.17, 15) is 5.11 Å². The molecule has 1 aliphatic rings. The third-order valence-corrected chi connectivity index (χ3v) is 4.35. The van der Waals surface area contributed by atoms with Crippen LogP contribution in [0.25, 0.3) is 0 Å². The van der Waals surface area contributed by atoms with Gasteiger partial charge in [-0.15, -0.1) is 0 Å². The smallest absolute Gasteiger partial charge is 0.128 e. The lowest BCUT2D eigenvalue weighted by Gasteiger charge is -2.38. The Balaban J connectivity index is 1.85. The van der Waals surface area contributed by atoms with E-state index >= 15 is 0 Å². The van der Waals surface area contributed by atoms with Gasteiger partial charge in [0.15, 0.2) is 0 Å². The Labute approximate surface area is 119 Å². The van der Waals surface area contributed by atoms with Crippen molar-refractivity contribution in [2.45, 2.75) is 25.9 Å². The second-order valence-corrected chi connectivity index (χ2v) is 5.50. The van der Waals surface area contributed by atoms with Crippen molar-refractivity contribution in [2.75, 3.05) is 32.8 Å². The predicted octanol–water partition coefficient (Wildman–Crippen LogP) is 0.962. The largest absolute Gasteiger partial charge is 0.395 e. The lowest BCUT2D eigenvalue weighted by Crippen LogP contribution is -2.51. The molecule has 0 aliphatic carbocycles. The summed E-state index contributed by atoms with van der Waals surface area (Å²) in [7, 11) is 1.94. The molecule has 1 saturated heterocycles. The van der Waals surface area contributed by atoms with Crippen LogP contribution in [0.3, 0.4) is 0 Å². The van der Waals surface area contributed by atoms with Gasteiger partial charge in [0.1, 0.15) is 11.0 Å². The van der Waals surface area contributed by atoms with Gasteiger partial charge in [-0.3, -0.25) is 9.80 Å². The van der Waals surface area contributed by atoms with Crippen molar-refractivity contribution in [3.05, 3.63) is 17.2 Å². The van der Waals surface area contributed by atoms with Crippen molar-refractivity contribution in [3.8, 4) is 0 Å². The zero-order valence-electron chi connectivity index (χ0n) is 11.7. The van der Waals surface area contributed by atoms with Gasteiger partial charge < -0.3 is 9.67 Å². The molecule has 2 rings (SSSR count). The summed E-state index contributed by atoms with van der Waals surface area (Å²) in [5.74, 6) is 1.01. The molecule has 0 bridgehead atoms. The monoisotopic (exact) mass is 286 g/mol. The molecule has 1 N–H and O–H groups in total. The molecule has 5 nitrogen and oxygen atoms in total. The minimum atomic E-state index is 0.255. The molecule has 19 heavy (non-hydrogen) atoms. The van der Waals surface area contributed by atoms with E-state index in [1.807, 2.05) is 11.6 Å². The van der Waals surface area contributed by atoms with Crippen molar-refractivity contribution in [3.63, 3.8) is 0 Å². The molecule has 1 fully saturated rings. The fourth-order valence-electron chi connectivity index (χ4n) is 2.56. The maximum absolute atomic E-state index is 9.34. The molecule has 6 heteroatoms. The Morgan fingerprint density at radius 1 is 1.37 bits per heavy atom. The Bertz CT molecular complexity index is 397. The van der Waals surface area contributed by atoms with E-state index in [1.54, 1.807) is 6.20 Å². The fourth-order valence-corrected chi connectivity index (χ4v) is 2.71. The van der Waals surface area contributed by atoms with Crippen LogP contribution in [0.2, 0.25) is 5.15 Å². The molecule has 0 aromatic carbocycles. The zero-order chi connectivity index (χ0) is 13.8. The normalized spacial score (nSPS) is 19.8. The number of piperazine rings is 1. The van der Waals surface area contributed by atoms with Gasteiger partial charge in [0.25, 0.3) is 0 Å². The third-order valence-electron chi connectivity index (χ3n) is 4.00. The van der Waals surface area contributed by atoms with Crippen molar-refractivity contribution in [1.82, 2.24) is 19.4 Å². The molecule has 1 aliphatic heterocycles. The van der Waals surface area contributed by atoms with Crippen molar-refractivity contribution >= 4 is 11.6 Å². The van der Waals surface area contributed by atoms with Crippen molar-refractivity contribution in [1.29, 1.82) is 0 Å². The van der Waals surface area contributed by atoms with Gasteiger partial charge in [-0.05, 0) is 6.42 Å². The highest BCUT2D eigenvalue weighted by atomic mass is 35.5. The lowest BCUT2D eigenvalue weighted by molar-refractivity contribution is 0.0596. The summed E-state index contributed by atoms with van der Waals surface area (Å²) >= 11 is 6.00. The van der Waals surface area contributed by atoms with E-state index in [1.165, 1.54) is 0 Å². The summed E-state index contributed by atoms with van der Waals surface area (Å²) < 4.78 is 1.93. The highest BCUT2D eigenvalue weighted by Gasteiger charge is 2.23. The van der Waals surface area contributed by atoms with Crippen LogP contribution in [0.4, 0.5) is 0 Å². The maximum Gasteiger partial charge on any atom is 0.128 e. The molecule has 0 spiro atoms. The molecule has 0 radical (unpaired) electrons. The van der Waals surface area contributed by atoms with Crippen LogP contribution in [0.15, 0.2) is 6.20 Å². The molecule has 2 heterocycles. The van der Waals surface area contributed by atoms with Crippen LogP contribution in [-0.2, 0) is 13.6 Å². The molecule has 0 saturated carbocycles. The Morgan fingerprint density at radius 2 is 2.05 bits per heavy atom. The highest BCUT2D eigenvalue weighted by molar-refractivity contribution is 6.29. The van der Waals surface area contributed by atoms with E-state index in [2.05, 4.69) is 21.7 Å². The number of hydrogen-bond acceptors (Lipinski definition) is 4. The van der Waals surface area contributed by atoms with E-state index in [4.69, 9.17) is 11.6 Å². The Morgan fingerprint density at radius 3 is 2.53 bits per heavy atom. The number of halogens is 1. The SMILES string of the molecule is CCC(CO)N1CCN(Cc2ncc(Cl)n2C)CC1. The zero-order valence-corrected chi connectivity index (χ0v) is 12.5. The van der Waals surface area contributed by atoms with Crippen LogP contribution in [0.5, 0.6) is 0 Å². The highest BCUT2D eigenvalue weighted by Crippen LogP contribution is 2.14. The average Bonchev–Trinajstić information content (AvgIpc) is 2.74. The minimum Gasteiger partial charge on any atom is -0.395 e. The van der Waals surface area contributed by atoms with Crippen LogP contribution in [0.1, 0.15) is 19.2 Å². The van der Waals surface area contributed by atoms with Crippen molar-refractivity contribution < 1.29 is 5.11 Å². The topological polar surface area (TPSA) is 44.5 Å². The van der Waals surface area contributed by atoms with Crippen LogP contribution >= 0.6 is 11.6 Å². The van der Waals surface area contributed by atoms with E-state index in [0.717, 1.165) is 45.0 Å². The fraction of sp³-hybridized carbons (Fsp3) is 0.769. The molecule has 108 valence electrons. The predicted molar refractivity (Wildman–Crippen MR) is 76.2 cm³/mol. The second kappa shape index (κ2) is 6.70. The number of aliphatic hydroxyl groups excluding tert-OH is 1.